The molecule has 0 radical (unpaired) electrons. The van der Waals surface area contributed by atoms with Gasteiger partial charge in [-0.05, 0) is 77.0 Å². The van der Waals surface area contributed by atoms with Crippen LogP contribution in [0.4, 0.5) is 0 Å². The van der Waals surface area contributed by atoms with E-state index in [0.717, 1.165) is 10.5 Å². The van der Waals surface area contributed by atoms with Gasteiger partial charge in [0, 0.05) is 0 Å². The van der Waals surface area contributed by atoms with Crippen molar-refractivity contribution in [2.24, 2.45) is 0 Å². The molecule has 0 bridgehead atoms. The maximum atomic E-state index is 2.45. The van der Waals surface area contributed by atoms with Crippen LogP contribution in [0, 0.1) is 0 Å². The second kappa shape index (κ2) is 34.3. The normalized spacial score (nSPS) is 13.1. The Balaban J connectivity index is 3.56. The summed E-state index contributed by atoms with van der Waals surface area (Å²) in [7, 11) is 7.28. The average Bonchev–Trinajstić information content (AvgIpc) is 2.98. The van der Waals surface area contributed by atoms with Gasteiger partial charge in [-0.3, -0.25) is 0 Å². The van der Waals surface area contributed by atoms with Crippen LogP contribution in [0.1, 0.15) is 219 Å². The molecule has 0 saturated carbocycles. The Bertz CT molecular complexity index is 568. The van der Waals surface area contributed by atoms with Crippen LogP contribution in [0.25, 0.3) is 0 Å². The first-order chi connectivity index (χ1) is 21.0. The first-order valence-corrected chi connectivity index (χ1v) is 20.1. The van der Waals surface area contributed by atoms with E-state index in [-0.39, 0.29) is 0 Å². The lowest BCUT2D eigenvalue weighted by molar-refractivity contribution is -0.896. The SMILES string of the molecule is CCCCCCCC/C=C\CCCCCCCCCCC(CCCCCCCC/C=C\CCCCCCCC)[N+](C)(C)C. The molecule has 0 heterocycles. The lowest BCUT2D eigenvalue weighted by Crippen LogP contribution is -2.45. The van der Waals surface area contributed by atoms with Gasteiger partial charge in [-0.15, -0.1) is 0 Å². The molecule has 0 N–H and O–H groups in total. The highest BCUT2D eigenvalue weighted by Gasteiger charge is 2.22. The van der Waals surface area contributed by atoms with Crippen molar-refractivity contribution in [3.05, 3.63) is 24.3 Å². The van der Waals surface area contributed by atoms with Crippen molar-refractivity contribution < 1.29 is 4.48 Å². The molecule has 0 aliphatic carbocycles. The van der Waals surface area contributed by atoms with Gasteiger partial charge in [0.05, 0.1) is 27.2 Å². The molecule has 1 nitrogen and oxygen atoms in total. The van der Waals surface area contributed by atoms with Gasteiger partial charge in [0.1, 0.15) is 0 Å². The zero-order valence-electron chi connectivity index (χ0n) is 31.0. The third-order valence-corrected chi connectivity index (χ3v) is 9.69. The van der Waals surface area contributed by atoms with Crippen LogP contribution in [-0.2, 0) is 0 Å². The van der Waals surface area contributed by atoms with Crippen LogP contribution in [0.5, 0.6) is 0 Å². The molecule has 1 unspecified atom stereocenters. The van der Waals surface area contributed by atoms with E-state index in [1.807, 2.05) is 0 Å². The lowest BCUT2D eigenvalue weighted by Gasteiger charge is -2.34. The van der Waals surface area contributed by atoms with E-state index in [9.17, 15) is 0 Å². The van der Waals surface area contributed by atoms with Crippen molar-refractivity contribution in [3.63, 3.8) is 0 Å². The van der Waals surface area contributed by atoms with Crippen LogP contribution in [0.15, 0.2) is 24.3 Å². The third-order valence-electron chi connectivity index (χ3n) is 9.69. The zero-order valence-corrected chi connectivity index (χ0v) is 31.0. The smallest absolute Gasteiger partial charge is 0.0884 e. The minimum absolute atomic E-state index is 0.853. The van der Waals surface area contributed by atoms with E-state index >= 15 is 0 Å². The first-order valence-electron chi connectivity index (χ1n) is 20.1. The number of quaternary nitrogens is 1. The number of hydrogen-bond donors (Lipinski definition) is 0. The van der Waals surface area contributed by atoms with Crippen molar-refractivity contribution in [2.75, 3.05) is 21.1 Å². The van der Waals surface area contributed by atoms with Gasteiger partial charge in [-0.25, -0.2) is 0 Å². The third kappa shape index (κ3) is 34.2. The molecule has 0 saturated heterocycles. The molecule has 0 aliphatic heterocycles. The second-order valence-electron chi connectivity index (χ2n) is 14.9. The predicted octanol–water partition coefficient (Wildman–Crippen LogP) is 14.7. The summed E-state index contributed by atoms with van der Waals surface area (Å²) in [6.45, 7) is 4.60. The van der Waals surface area contributed by atoms with Gasteiger partial charge in [0.25, 0.3) is 0 Å². The molecule has 0 spiro atoms. The quantitative estimate of drug-likeness (QED) is 0.0384. The van der Waals surface area contributed by atoms with Crippen LogP contribution in [-0.4, -0.2) is 31.7 Å². The standard InChI is InChI=1S/C42H84N/c1-6-8-10-12-14-16-18-20-22-24-25-27-29-31-33-35-37-39-41-42(43(3,4)5)40-38-36-34-32-30-28-26-23-21-19-17-15-13-11-9-7-2/h20-23,42H,6-19,24-41H2,1-5H3/q+1/b22-20-,23-21-. The summed E-state index contributed by atoms with van der Waals surface area (Å²) in [5.74, 6) is 0. The summed E-state index contributed by atoms with van der Waals surface area (Å²) in [4.78, 5) is 0. The van der Waals surface area contributed by atoms with Gasteiger partial charge < -0.3 is 4.48 Å². The van der Waals surface area contributed by atoms with Crippen molar-refractivity contribution in [3.8, 4) is 0 Å². The zero-order chi connectivity index (χ0) is 31.5. The molecule has 43 heavy (non-hydrogen) atoms. The Morgan fingerprint density at radius 3 is 0.814 bits per heavy atom. The second-order valence-corrected chi connectivity index (χ2v) is 14.9. The maximum Gasteiger partial charge on any atom is 0.0884 e. The van der Waals surface area contributed by atoms with E-state index in [0.29, 0.717) is 0 Å². The molecule has 0 aromatic heterocycles. The van der Waals surface area contributed by atoms with Crippen LogP contribution < -0.4 is 0 Å². The van der Waals surface area contributed by atoms with E-state index in [4.69, 9.17) is 0 Å². The molecule has 0 amide bonds. The van der Waals surface area contributed by atoms with E-state index in [1.165, 1.54) is 205 Å². The molecular weight excluding hydrogens is 518 g/mol. The number of nitrogens with zero attached hydrogens (tertiary/aromatic N) is 1. The lowest BCUT2D eigenvalue weighted by atomic mass is 9.98. The summed E-state index contributed by atoms with van der Waals surface area (Å²) in [6.07, 6.45) is 55.0. The Kier molecular flexibility index (Phi) is 33.9. The fraction of sp³-hybridized carbons (Fsp3) is 0.905. The number of hydrogen-bond acceptors (Lipinski definition) is 0. The minimum atomic E-state index is 0.853. The predicted molar refractivity (Wildman–Crippen MR) is 199 cm³/mol. The fourth-order valence-corrected chi connectivity index (χ4v) is 6.53. The molecule has 256 valence electrons. The van der Waals surface area contributed by atoms with Crippen LogP contribution in [0.3, 0.4) is 0 Å². The largest absolute Gasteiger partial charge is 0.328 e. The fourth-order valence-electron chi connectivity index (χ4n) is 6.53. The van der Waals surface area contributed by atoms with Crippen LogP contribution >= 0.6 is 0 Å². The number of allylic oxidation sites excluding steroid dienone is 4. The Morgan fingerprint density at radius 2 is 0.558 bits per heavy atom. The Morgan fingerprint density at radius 1 is 0.326 bits per heavy atom. The van der Waals surface area contributed by atoms with Crippen molar-refractivity contribution in [1.29, 1.82) is 0 Å². The van der Waals surface area contributed by atoms with Gasteiger partial charge in [0.2, 0.25) is 0 Å². The molecule has 1 atom stereocenters. The molecule has 0 rings (SSSR count). The van der Waals surface area contributed by atoms with Crippen molar-refractivity contribution >= 4 is 0 Å². The van der Waals surface area contributed by atoms with E-state index in [2.05, 4.69) is 59.3 Å². The van der Waals surface area contributed by atoms with Gasteiger partial charge in [-0.2, -0.15) is 0 Å². The van der Waals surface area contributed by atoms with Gasteiger partial charge in [0.15, 0.2) is 0 Å². The van der Waals surface area contributed by atoms with Crippen molar-refractivity contribution in [1.82, 2.24) is 0 Å². The maximum absolute atomic E-state index is 2.45. The molecule has 1 heteroatoms. The monoisotopic (exact) mass is 603 g/mol. The summed E-state index contributed by atoms with van der Waals surface area (Å²) < 4.78 is 1.15. The molecule has 0 aliphatic rings. The summed E-state index contributed by atoms with van der Waals surface area (Å²) in [5, 5.41) is 0. The minimum Gasteiger partial charge on any atom is -0.328 e. The summed E-state index contributed by atoms with van der Waals surface area (Å²) >= 11 is 0. The Labute approximate surface area is 274 Å². The molecule has 0 aromatic carbocycles. The topological polar surface area (TPSA) is 0 Å². The average molecular weight is 603 g/mol. The molecule has 0 fully saturated rings. The Hall–Kier alpha value is -0.560. The highest BCUT2D eigenvalue weighted by atomic mass is 15.3. The highest BCUT2D eigenvalue weighted by molar-refractivity contribution is 4.82. The van der Waals surface area contributed by atoms with Crippen molar-refractivity contribution in [2.45, 2.75) is 225 Å². The van der Waals surface area contributed by atoms with E-state index in [1.54, 1.807) is 0 Å². The summed E-state index contributed by atoms with van der Waals surface area (Å²) in [6, 6.07) is 0.853. The van der Waals surface area contributed by atoms with Gasteiger partial charge >= 0.3 is 0 Å². The van der Waals surface area contributed by atoms with E-state index < -0.39 is 0 Å². The molecular formula is C42H84N+. The van der Waals surface area contributed by atoms with Crippen LogP contribution in [0.2, 0.25) is 0 Å². The molecule has 0 aromatic rings. The first kappa shape index (κ1) is 42.4. The highest BCUT2D eigenvalue weighted by Crippen LogP contribution is 2.21. The van der Waals surface area contributed by atoms with Gasteiger partial charge in [-0.1, -0.05) is 167 Å². The number of rotatable bonds is 35. The number of unbranched alkanes of at least 4 members (excludes halogenated alkanes) is 26. The summed E-state index contributed by atoms with van der Waals surface area (Å²) in [5.41, 5.74) is 0.